The Morgan fingerprint density at radius 1 is 1.27 bits per heavy atom. The Labute approximate surface area is 65.5 Å². The van der Waals surface area contributed by atoms with Gasteiger partial charge in [0.05, 0.1) is 5.71 Å². The van der Waals surface area contributed by atoms with Crippen molar-refractivity contribution < 1.29 is 4.74 Å². The van der Waals surface area contributed by atoms with Crippen LogP contribution in [0.2, 0.25) is 0 Å². The van der Waals surface area contributed by atoms with Crippen LogP contribution in [0.1, 0.15) is 5.56 Å². The Morgan fingerprint density at radius 2 is 2.00 bits per heavy atom. The molecule has 1 unspecified atom stereocenters. The van der Waals surface area contributed by atoms with Crippen LogP contribution in [0.5, 0.6) is 0 Å². The molecule has 0 saturated heterocycles. The maximum Gasteiger partial charge on any atom is 0.191 e. The summed E-state index contributed by atoms with van der Waals surface area (Å²) in [5.41, 5.74) is 2.23. The van der Waals surface area contributed by atoms with Crippen molar-refractivity contribution >= 4 is 5.71 Å². The predicted octanol–water partition coefficient (Wildman–Crippen LogP) is 1.46. The third-order valence-corrected chi connectivity index (χ3v) is 1.72. The van der Waals surface area contributed by atoms with E-state index in [4.69, 9.17) is 4.74 Å². The van der Waals surface area contributed by atoms with E-state index in [1.807, 2.05) is 30.3 Å². The zero-order chi connectivity index (χ0) is 7.68. The summed E-state index contributed by atoms with van der Waals surface area (Å²) >= 11 is 0. The molecule has 2 rings (SSSR count). The maximum atomic E-state index is 5.02. The Morgan fingerprint density at radius 3 is 2.55 bits per heavy atom. The summed E-state index contributed by atoms with van der Waals surface area (Å²) in [7, 11) is 1.67. The zero-order valence-electron chi connectivity index (χ0n) is 6.32. The lowest BCUT2D eigenvalue weighted by Gasteiger charge is -1.92. The highest BCUT2D eigenvalue weighted by Gasteiger charge is 2.27. The molecule has 2 nitrogen and oxygen atoms in total. The van der Waals surface area contributed by atoms with Crippen LogP contribution in [0.3, 0.4) is 0 Å². The SMILES string of the molecule is COC1N=C1c1ccccc1. The van der Waals surface area contributed by atoms with Gasteiger partial charge in [0.25, 0.3) is 0 Å². The second kappa shape index (κ2) is 2.47. The fourth-order valence-electron chi connectivity index (χ4n) is 1.08. The van der Waals surface area contributed by atoms with Gasteiger partial charge in [0, 0.05) is 12.7 Å². The van der Waals surface area contributed by atoms with Crippen molar-refractivity contribution in [3.8, 4) is 0 Å². The Hall–Kier alpha value is -1.15. The molecule has 0 radical (unpaired) electrons. The van der Waals surface area contributed by atoms with Crippen LogP contribution in [0.4, 0.5) is 0 Å². The van der Waals surface area contributed by atoms with E-state index in [2.05, 4.69) is 4.99 Å². The molecule has 0 aromatic heterocycles. The van der Waals surface area contributed by atoms with Gasteiger partial charge < -0.3 is 4.74 Å². The molecule has 11 heavy (non-hydrogen) atoms. The molecule has 0 aliphatic carbocycles. The van der Waals surface area contributed by atoms with E-state index in [0.29, 0.717) is 0 Å². The largest absolute Gasteiger partial charge is 0.354 e. The Bertz CT molecular complexity index is 279. The highest BCUT2D eigenvalue weighted by Crippen LogP contribution is 2.19. The van der Waals surface area contributed by atoms with E-state index in [1.54, 1.807) is 7.11 Å². The van der Waals surface area contributed by atoms with Gasteiger partial charge in [-0.25, -0.2) is 4.99 Å². The summed E-state index contributed by atoms with van der Waals surface area (Å²) in [6.07, 6.45) is 0.0254. The molecular formula is C9H9NO. The molecule has 1 aromatic rings. The van der Waals surface area contributed by atoms with E-state index in [-0.39, 0.29) is 6.23 Å². The second-order valence-corrected chi connectivity index (χ2v) is 2.47. The molecule has 0 N–H and O–H groups in total. The van der Waals surface area contributed by atoms with Crippen molar-refractivity contribution in [2.75, 3.05) is 7.11 Å². The van der Waals surface area contributed by atoms with Crippen LogP contribution in [0.15, 0.2) is 35.3 Å². The lowest BCUT2D eigenvalue weighted by atomic mass is 10.2. The van der Waals surface area contributed by atoms with Crippen LogP contribution >= 0.6 is 0 Å². The smallest absolute Gasteiger partial charge is 0.191 e. The topological polar surface area (TPSA) is 21.6 Å². The average molecular weight is 147 g/mol. The molecule has 0 saturated carbocycles. The van der Waals surface area contributed by atoms with Crippen molar-refractivity contribution in [1.29, 1.82) is 0 Å². The van der Waals surface area contributed by atoms with E-state index in [0.717, 1.165) is 5.71 Å². The zero-order valence-corrected chi connectivity index (χ0v) is 6.32. The number of methoxy groups -OCH3 is 1. The minimum absolute atomic E-state index is 0.0254. The van der Waals surface area contributed by atoms with Gasteiger partial charge in [0.1, 0.15) is 0 Å². The maximum absolute atomic E-state index is 5.02. The monoisotopic (exact) mass is 147 g/mol. The lowest BCUT2D eigenvalue weighted by molar-refractivity contribution is 0.191. The van der Waals surface area contributed by atoms with Crippen LogP contribution < -0.4 is 0 Å². The molecule has 56 valence electrons. The van der Waals surface area contributed by atoms with Gasteiger partial charge in [-0.2, -0.15) is 0 Å². The molecule has 0 amide bonds. The summed E-state index contributed by atoms with van der Waals surface area (Å²) < 4.78 is 5.02. The van der Waals surface area contributed by atoms with Gasteiger partial charge in [-0.05, 0) is 0 Å². The third kappa shape index (κ3) is 1.17. The molecule has 1 aliphatic rings. The predicted molar refractivity (Wildman–Crippen MR) is 43.8 cm³/mol. The molecule has 1 heterocycles. The number of rotatable bonds is 2. The van der Waals surface area contributed by atoms with Crippen molar-refractivity contribution in [3.63, 3.8) is 0 Å². The first-order chi connectivity index (χ1) is 5.42. The van der Waals surface area contributed by atoms with Crippen molar-refractivity contribution in [2.24, 2.45) is 4.99 Å². The molecule has 2 heteroatoms. The van der Waals surface area contributed by atoms with Gasteiger partial charge in [-0.3, -0.25) is 0 Å². The van der Waals surface area contributed by atoms with Crippen LogP contribution in [-0.2, 0) is 4.74 Å². The number of hydrogen-bond acceptors (Lipinski definition) is 2. The summed E-state index contributed by atoms with van der Waals surface area (Å²) in [6.45, 7) is 0. The summed E-state index contributed by atoms with van der Waals surface area (Å²) in [6, 6.07) is 10.1. The van der Waals surface area contributed by atoms with E-state index >= 15 is 0 Å². The standard InChI is InChI=1S/C9H9NO/c1-11-9-8(10-9)7-5-3-2-4-6-7/h2-6,9H,1H3. The molecule has 0 spiro atoms. The number of aliphatic imine (C=N–C) groups is 1. The fraction of sp³-hybridized carbons (Fsp3) is 0.222. The normalized spacial score (nSPS) is 21.2. The van der Waals surface area contributed by atoms with Crippen molar-refractivity contribution in [3.05, 3.63) is 35.9 Å². The fourth-order valence-corrected chi connectivity index (χ4v) is 1.08. The van der Waals surface area contributed by atoms with Gasteiger partial charge in [-0.15, -0.1) is 0 Å². The summed E-state index contributed by atoms with van der Waals surface area (Å²) in [5.74, 6) is 0. The van der Waals surface area contributed by atoms with Crippen molar-refractivity contribution in [2.45, 2.75) is 6.23 Å². The van der Waals surface area contributed by atoms with Crippen LogP contribution in [0.25, 0.3) is 0 Å². The highest BCUT2D eigenvalue weighted by atomic mass is 16.5. The average Bonchev–Trinajstić information content (AvgIpc) is 2.85. The number of benzene rings is 1. The van der Waals surface area contributed by atoms with Gasteiger partial charge in [0.15, 0.2) is 6.23 Å². The molecule has 0 bridgehead atoms. The Kier molecular flexibility index (Phi) is 1.47. The first-order valence-electron chi connectivity index (χ1n) is 3.58. The molecule has 1 atom stereocenters. The summed E-state index contributed by atoms with van der Waals surface area (Å²) in [5, 5.41) is 0. The minimum atomic E-state index is 0.0254. The first kappa shape index (κ1) is 6.55. The number of hydrogen-bond donors (Lipinski definition) is 0. The van der Waals surface area contributed by atoms with Crippen LogP contribution in [0, 0.1) is 0 Å². The van der Waals surface area contributed by atoms with E-state index in [9.17, 15) is 0 Å². The van der Waals surface area contributed by atoms with E-state index < -0.39 is 0 Å². The Balaban J connectivity index is 2.15. The van der Waals surface area contributed by atoms with Crippen molar-refractivity contribution in [1.82, 2.24) is 0 Å². The van der Waals surface area contributed by atoms with Crippen LogP contribution in [-0.4, -0.2) is 19.0 Å². The molecule has 1 aromatic carbocycles. The first-order valence-corrected chi connectivity index (χ1v) is 3.58. The highest BCUT2D eigenvalue weighted by molar-refractivity contribution is 6.12. The number of ether oxygens (including phenoxy) is 1. The third-order valence-electron chi connectivity index (χ3n) is 1.72. The van der Waals surface area contributed by atoms with Gasteiger partial charge >= 0.3 is 0 Å². The second-order valence-electron chi connectivity index (χ2n) is 2.47. The van der Waals surface area contributed by atoms with E-state index in [1.165, 1.54) is 5.56 Å². The molecular weight excluding hydrogens is 138 g/mol. The summed E-state index contributed by atoms with van der Waals surface area (Å²) in [4.78, 5) is 4.14. The van der Waals surface area contributed by atoms with Gasteiger partial charge in [-0.1, -0.05) is 30.3 Å². The van der Waals surface area contributed by atoms with Gasteiger partial charge in [0.2, 0.25) is 0 Å². The minimum Gasteiger partial charge on any atom is -0.354 e. The lowest BCUT2D eigenvalue weighted by Crippen LogP contribution is -2.00. The quantitative estimate of drug-likeness (QED) is 0.620. The molecule has 1 aliphatic heterocycles. The number of nitrogens with zero attached hydrogens (tertiary/aromatic N) is 1. The molecule has 0 fully saturated rings.